The maximum absolute atomic E-state index is 13.3. The first-order valence-electron chi connectivity index (χ1n) is 10.5. The fourth-order valence-corrected chi connectivity index (χ4v) is 4.54. The molecule has 0 aliphatic carbocycles. The summed E-state index contributed by atoms with van der Waals surface area (Å²) in [6.07, 6.45) is 0. The van der Waals surface area contributed by atoms with Crippen molar-refractivity contribution in [2.24, 2.45) is 0 Å². The van der Waals surface area contributed by atoms with Gasteiger partial charge in [0, 0.05) is 31.7 Å². The second-order valence-electron chi connectivity index (χ2n) is 7.78. The van der Waals surface area contributed by atoms with Gasteiger partial charge in [0.25, 0.3) is 5.91 Å². The first-order chi connectivity index (χ1) is 15.0. The quantitative estimate of drug-likeness (QED) is 0.628. The minimum atomic E-state index is -0.909. The number of hydrogen-bond acceptors (Lipinski definition) is 3. The van der Waals surface area contributed by atoms with Crippen molar-refractivity contribution in [2.45, 2.75) is 12.5 Å². The maximum Gasteiger partial charge on any atom is 0.253 e. The number of piperazine rings is 1. The molecule has 3 aromatic rings. The van der Waals surface area contributed by atoms with E-state index in [-0.39, 0.29) is 17.5 Å². The standard InChI is InChI=1S/C26H25FN2O2/c1-20(30)26(22-8-4-2-5-9-22,23-10-6-3-7-11-23)29-18-16-28(17-19-29)25(31)21-12-14-24(27)15-13-21/h2-15H,16-19H2,1H3. The monoisotopic (exact) mass is 416 g/mol. The fourth-order valence-electron chi connectivity index (χ4n) is 4.54. The van der Waals surface area contributed by atoms with Crippen LogP contribution in [0, 0.1) is 5.82 Å². The number of nitrogens with zero attached hydrogens (tertiary/aromatic N) is 2. The van der Waals surface area contributed by atoms with Gasteiger partial charge in [-0.15, -0.1) is 0 Å². The van der Waals surface area contributed by atoms with Crippen LogP contribution in [-0.2, 0) is 10.3 Å². The molecule has 0 bridgehead atoms. The van der Waals surface area contributed by atoms with E-state index in [0.29, 0.717) is 31.7 Å². The topological polar surface area (TPSA) is 40.6 Å². The van der Waals surface area contributed by atoms with Crippen LogP contribution in [0.5, 0.6) is 0 Å². The van der Waals surface area contributed by atoms with Crippen molar-refractivity contribution < 1.29 is 14.0 Å². The smallest absolute Gasteiger partial charge is 0.253 e. The van der Waals surface area contributed by atoms with Crippen molar-refractivity contribution in [1.82, 2.24) is 9.80 Å². The molecule has 0 spiro atoms. The number of benzene rings is 3. The summed E-state index contributed by atoms with van der Waals surface area (Å²) in [5.41, 5.74) is 1.41. The van der Waals surface area contributed by atoms with Gasteiger partial charge in [-0.2, -0.15) is 0 Å². The summed E-state index contributed by atoms with van der Waals surface area (Å²) in [7, 11) is 0. The molecule has 0 radical (unpaired) electrons. The average molecular weight is 416 g/mol. The molecule has 3 aromatic carbocycles. The Labute approximate surface area is 181 Å². The first-order valence-corrected chi connectivity index (χ1v) is 10.5. The Morgan fingerprint density at radius 2 is 1.23 bits per heavy atom. The molecule has 158 valence electrons. The molecule has 1 heterocycles. The average Bonchev–Trinajstić information content (AvgIpc) is 2.81. The molecule has 1 aliphatic heterocycles. The molecule has 1 amide bonds. The van der Waals surface area contributed by atoms with Gasteiger partial charge in [0.15, 0.2) is 5.78 Å². The molecule has 0 aromatic heterocycles. The van der Waals surface area contributed by atoms with Crippen LogP contribution in [0.3, 0.4) is 0 Å². The maximum atomic E-state index is 13.3. The van der Waals surface area contributed by atoms with Crippen molar-refractivity contribution in [1.29, 1.82) is 0 Å². The Kier molecular flexibility index (Phi) is 5.96. The van der Waals surface area contributed by atoms with E-state index in [2.05, 4.69) is 4.90 Å². The third kappa shape index (κ3) is 3.89. The summed E-state index contributed by atoms with van der Waals surface area (Å²) >= 11 is 0. The zero-order valence-electron chi connectivity index (χ0n) is 17.5. The van der Waals surface area contributed by atoms with Crippen LogP contribution >= 0.6 is 0 Å². The summed E-state index contributed by atoms with van der Waals surface area (Å²) in [5, 5.41) is 0. The lowest BCUT2D eigenvalue weighted by molar-refractivity contribution is -0.128. The second kappa shape index (κ2) is 8.82. The van der Waals surface area contributed by atoms with E-state index in [9.17, 15) is 14.0 Å². The Morgan fingerprint density at radius 1 is 0.742 bits per heavy atom. The highest BCUT2D eigenvalue weighted by molar-refractivity contribution is 5.94. The lowest BCUT2D eigenvalue weighted by Crippen LogP contribution is -2.59. The highest BCUT2D eigenvalue weighted by Gasteiger charge is 2.46. The van der Waals surface area contributed by atoms with Gasteiger partial charge in [-0.3, -0.25) is 14.5 Å². The molecular weight excluding hydrogens is 391 g/mol. The molecule has 1 saturated heterocycles. The van der Waals surface area contributed by atoms with Crippen molar-refractivity contribution in [2.75, 3.05) is 26.2 Å². The van der Waals surface area contributed by atoms with Crippen LogP contribution in [0.2, 0.25) is 0 Å². The molecule has 1 fully saturated rings. The molecular formula is C26H25FN2O2. The number of halogens is 1. The highest BCUT2D eigenvalue weighted by Crippen LogP contribution is 2.38. The largest absolute Gasteiger partial charge is 0.336 e. The first kappa shape index (κ1) is 20.9. The molecule has 1 aliphatic rings. The van der Waals surface area contributed by atoms with E-state index in [4.69, 9.17) is 0 Å². The normalized spacial score (nSPS) is 15.0. The third-order valence-electron chi connectivity index (χ3n) is 6.03. The Balaban J connectivity index is 1.65. The zero-order chi connectivity index (χ0) is 21.8. The van der Waals surface area contributed by atoms with E-state index in [1.165, 1.54) is 24.3 Å². The van der Waals surface area contributed by atoms with Gasteiger partial charge in [0.05, 0.1) is 0 Å². The van der Waals surface area contributed by atoms with Gasteiger partial charge in [-0.1, -0.05) is 60.7 Å². The molecule has 5 heteroatoms. The van der Waals surface area contributed by atoms with Gasteiger partial charge in [-0.05, 0) is 42.3 Å². The summed E-state index contributed by atoms with van der Waals surface area (Å²) < 4.78 is 13.2. The van der Waals surface area contributed by atoms with E-state index in [1.54, 1.807) is 11.8 Å². The van der Waals surface area contributed by atoms with Crippen LogP contribution in [0.1, 0.15) is 28.4 Å². The number of hydrogen-bond donors (Lipinski definition) is 0. The molecule has 4 nitrogen and oxygen atoms in total. The Bertz CT molecular complexity index is 1000. The predicted molar refractivity (Wildman–Crippen MR) is 118 cm³/mol. The fraction of sp³-hybridized carbons (Fsp3) is 0.231. The zero-order valence-corrected chi connectivity index (χ0v) is 17.5. The number of ketones is 1. The summed E-state index contributed by atoms with van der Waals surface area (Å²) in [4.78, 5) is 30.1. The predicted octanol–water partition coefficient (Wildman–Crippen LogP) is 4.12. The number of amides is 1. The summed E-state index contributed by atoms with van der Waals surface area (Å²) in [6.45, 7) is 3.72. The van der Waals surface area contributed by atoms with Crippen LogP contribution in [0.15, 0.2) is 84.9 Å². The number of Topliss-reactive ketones (excluding diaryl/α,β-unsaturated/α-hetero) is 1. The molecule has 0 N–H and O–H groups in total. The Morgan fingerprint density at radius 3 is 1.68 bits per heavy atom. The number of carbonyl (C=O) groups excluding carboxylic acids is 2. The van der Waals surface area contributed by atoms with E-state index < -0.39 is 5.54 Å². The van der Waals surface area contributed by atoms with E-state index >= 15 is 0 Å². The minimum absolute atomic E-state index is 0.0446. The minimum Gasteiger partial charge on any atom is -0.336 e. The van der Waals surface area contributed by atoms with E-state index in [0.717, 1.165) is 11.1 Å². The SMILES string of the molecule is CC(=O)C(c1ccccc1)(c1ccccc1)N1CCN(C(=O)c2ccc(F)cc2)CC1. The summed E-state index contributed by atoms with van der Waals surface area (Å²) in [5.74, 6) is -0.436. The Hall–Kier alpha value is -3.31. The van der Waals surface area contributed by atoms with Gasteiger partial charge in [0.2, 0.25) is 0 Å². The molecule has 0 saturated carbocycles. The van der Waals surface area contributed by atoms with Crippen molar-refractivity contribution in [3.63, 3.8) is 0 Å². The summed E-state index contributed by atoms with van der Waals surface area (Å²) in [6, 6.07) is 25.3. The second-order valence-corrected chi connectivity index (χ2v) is 7.78. The lowest BCUT2D eigenvalue weighted by Gasteiger charge is -2.47. The van der Waals surface area contributed by atoms with Gasteiger partial charge in [0.1, 0.15) is 11.4 Å². The van der Waals surface area contributed by atoms with Crippen LogP contribution in [-0.4, -0.2) is 47.7 Å². The van der Waals surface area contributed by atoms with Crippen molar-refractivity contribution in [3.8, 4) is 0 Å². The molecule has 31 heavy (non-hydrogen) atoms. The van der Waals surface area contributed by atoms with E-state index in [1.807, 2.05) is 60.7 Å². The van der Waals surface area contributed by atoms with Crippen LogP contribution in [0.4, 0.5) is 4.39 Å². The van der Waals surface area contributed by atoms with Crippen molar-refractivity contribution >= 4 is 11.7 Å². The highest BCUT2D eigenvalue weighted by atomic mass is 19.1. The lowest BCUT2D eigenvalue weighted by atomic mass is 9.77. The molecule has 0 atom stereocenters. The third-order valence-corrected chi connectivity index (χ3v) is 6.03. The van der Waals surface area contributed by atoms with Crippen molar-refractivity contribution in [3.05, 3.63) is 107 Å². The van der Waals surface area contributed by atoms with Gasteiger partial charge >= 0.3 is 0 Å². The number of carbonyl (C=O) groups is 2. The molecule has 4 rings (SSSR count). The molecule has 0 unspecified atom stereocenters. The number of rotatable bonds is 5. The van der Waals surface area contributed by atoms with Gasteiger partial charge < -0.3 is 4.90 Å². The van der Waals surface area contributed by atoms with Crippen LogP contribution in [0.25, 0.3) is 0 Å². The van der Waals surface area contributed by atoms with Gasteiger partial charge in [-0.25, -0.2) is 4.39 Å². The van der Waals surface area contributed by atoms with Crippen LogP contribution < -0.4 is 0 Å².